The third-order valence-electron chi connectivity index (χ3n) is 6.44. The van der Waals surface area contributed by atoms with Gasteiger partial charge in [0.05, 0.1) is 36.6 Å². The Hall–Kier alpha value is -3.41. The van der Waals surface area contributed by atoms with Gasteiger partial charge in [0.15, 0.2) is 6.17 Å². The highest BCUT2D eigenvalue weighted by molar-refractivity contribution is 6.44. The van der Waals surface area contributed by atoms with Crippen LogP contribution in [0.3, 0.4) is 0 Å². The van der Waals surface area contributed by atoms with E-state index in [0.29, 0.717) is 26.3 Å². The van der Waals surface area contributed by atoms with E-state index in [9.17, 15) is 18.8 Å². The van der Waals surface area contributed by atoms with Crippen LogP contribution in [0.4, 0.5) is 4.39 Å². The van der Waals surface area contributed by atoms with Gasteiger partial charge in [-0.05, 0) is 12.8 Å². The van der Waals surface area contributed by atoms with E-state index in [1.807, 2.05) is 0 Å². The number of fused-ring (bicyclic) bond motifs is 1. The van der Waals surface area contributed by atoms with Crippen LogP contribution in [0.25, 0.3) is 0 Å². The van der Waals surface area contributed by atoms with Crippen LogP contribution in [-0.4, -0.2) is 94.0 Å². The number of dihydropyridines is 1. The van der Waals surface area contributed by atoms with Crippen LogP contribution >= 0.6 is 0 Å². The topological polar surface area (TPSA) is 122 Å². The molecule has 5 rings (SSSR count). The summed E-state index contributed by atoms with van der Waals surface area (Å²) in [5, 5.41) is 10.6. The van der Waals surface area contributed by atoms with Crippen LogP contribution in [0.5, 0.6) is 0 Å². The highest BCUT2D eigenvalue weighted by Gasteiger charge is 2.42. The van der Waals surface area contributed by atoms with Crippen molar-refractivity contribution < 1.29 is 23.5 Å². The van der Waals surface area contributed by atoms with Gasteiger partial charge >= 0.3 is 0 Å². The molecule has 0 radical (unpaired) electrons. The molecule has 1 aromatic heterocycles. The Kier molecular flexibility index (Phi) is 5.75. The second kappa shape index (κ2) is 8.85. The molecule has 5 heterocycles. The minimum atomic E-state index is -0.789. The van der Waals surface area contributed by atoms with Gasteiger partial charge in [-0.25, -0.2) is 9.07 Å². The Morgan fingerprint density at radius 1 is 1.15 bits per heavy atom. The van der Waals surface area contributed by atoms with Gasteiger partial charge in [0, 0.05) is 50.8 Å². The summed E-state index contributed by atoms with van der Waals surface area (Å²) in [5.74, 6) is -2.28. The first-order valence-electron chi connectivity index (χ1n) is 11.0. The molecule has 1 N–H and O–H groups in total. The van der Waals surface area contributed by atoms with Crippen molar-refractivity contribution >= 4 is 23.8 Å². The maximum atomic E-state index is 14.7. The monoisotopic (exact) mass is 457 g/mol. The van der Waals surface area contributed by atoms with Gasteiger partial charge in [0.1, 0.15) is 5.83 Å². The third-order valence-corrected chi connectivity index (χ3v) is 6.44. The molecule has 2 saturated heterocycles. The molecule has 0 spiro atoms. The molecule has 3 unspecified atom stereocenters. The van der Waals surface area contributed by atoms with E-state index >= 15 is 0 Å². The number of hydrogen-bond acceptors (Lipinski definition) is 8. The smallest absolute Gasteiger partial charge is 0.295 e. The molecule has 0 aromatic carbocycles. The number of rotatable bonds is 4. The average molecular weight is 457 g/mol. The predicted octanol–water partition coefficient (Wildman–Crippen LogP) is -0.393. The molecule has 4 aliphatic heterocycles. The summed E-state index contributed by atoms with van der Waals surface area (Å²) in [6, 6.07) is -0.671. The molecular weight excluding hydrogens is 433 g/mol. The predicted molar refractivity (Wildman–Crippen MR) is 112 cm³/mol. The molecule has 1 aromatic rings. The number of nitrogens with one attached hydrogen (secondary N) is 1. The number of amides is 2. The fraction of sp³-hybridized carbons (Fsp3) is 0.524. The first-order chi connectivity index (χ1) is 16.0. The van der Waals surface area contributed by atoms with E-state index in [1.165, 1.54) is 22.0 Å². The van der Waals surface area contributed by atoms with Crippen molar-refractivity contribution in [2.75, 3.05) is 39.4 Å². The van der Waals surface area contributed by atoms with Gasteiger partial charge in [0.25, 0.3) is 11.7 Å². The Bertz CT molecular complexity index is 1040. The normalized spacial score (nSPS) is 27.2. The summed E-state index contributed by atoms with van der Waals surface area (Å²) in [5.41, 5.74) is 0.0755. The van der Waals surface area contributed by atoms with Crippen molar-refractivity contribution in [3.05, 3.63) is 35.6 Å². The molecule has 2 fully saturated rings. The summed E-state index contributed by atoms with van der Waals surface area (Å²) < 4.78 is 21.5. The van der Waals surface area contributed by atoms with Gasteiger partial charge in [-0.1, -0.05) is 5.21 Å². The van der Waals surface area contributed by atoms with E-state index in [1.54, 1.807) is 11.1 Å². The molecule has 2 amide bonds. The maximum absolute atomic E-state index is 14.7. The van der Waals surface area contributed by atoms with Crippen molar-refractivity contribution in [2.45, 2.75) is 25.0 Å². The van der Waals surface area contributed by atoms with Crippen molar-refractivity contribution in [1.29, 1.82) is 0 Å². The Labute approximate surface area is 188 Å². The van der Waals surface area contributed by atoms with Crippen molar-refractivity contribution in [2.24, 2.45) is 10.9 Å². The number of Topliss-reactive ketones (excluding diaryl/α,β-unsaturated/α-hetero) is 1. The summed E-state index contributed by atoms with van der Waals surface area (Å²) in [4.78, 5) is 45.9. The van der Waals surface area contributed by atoms with E-state index in [4.69, 9.17) is 4.74 Å². The van der Waals surface area contributed by atoms with Crippen molar-refractivity contribution in [1.82, 2.24) is 30.1 Å². The number of nitrogens with zero attached hydrogens (tertiary/aromatic N) is 6. The number of carbonyl (C=O) groups excluding carboxylic acids is 3. The second-order valence-electron chi connectivity index (χ2n) is 8.40. The van der Waals surface area contributed by atoms with Crippen LogP contribution in [-0.2, 0) is 19.1 Å². The minimum absolute atomic E-state index is 0.0170. The third kappa shape index (κ3) is 3.94. The number of allylic oxidation sites excluding steroid dienone is 1. The number of aliphatic imine (C=N–C) groups is 1. The largest absolute Gasteiger partial charge is 0.381 e. The van der Waals surface area contributed by atoms with Gasteiger partial charge in [-0.15, -0.1) is 5.10 Å². The molecule has 0 aliphatic carbocycles. The fourth-order valence-electron chi connectivity index (χ4n) is 4.66. The lowest BCUT2D eigenvalue weighted by Crippen LogP contribution is -2.54. The summed E-state index contributed by atoms with van der Waals surface area (Å²) in [6.07, 6.45) is 6.51. The Balaban J connectivity index is 1.23. The summed E-state index contributed by atoms with van der Waals surface area (Å²) in [6.45, 7) is 2.32. The summed E-state index contributed by atoms with van der Waals surface area (Å²) >= 11 is 0. The average Bonchev–Trinajstić information content (AvgIpc) is 3.55. The quantitative estimate of drug-likeness (QED) is 0.611. The number of aromatic nitrogens is 3. The molecular formula is C21H24FN7O4. The lowest BCUT2D eigenvalue weighted by atomic mass is 9.94. The SMILES string of the molecule is O=C(C(=O)N1CCN(C(=O)C2CCCOC2)CC1)C1=CNC2C1=C(F)C=NC2n1ccnn1. The first-order valence-corrected chi connectivity index (χ1v) is 11.0. The lowest BCUT2D eigenvalue weighted by molar-refractivity contribution is -0.148. The van der Waals surface area contributed by atoms with E-state index in [-0.39, 0.29) is 36.1 Å². The van der Waals surface area contributed by atoms with Gasteiger partial charge in [0.2, 0.25) is 5.91 Å². The minimum Gasteiger partial charge on any atom is -0.381 e. The zero-order chi connectivity index (χ0) is 22.9. The van der Waals surface area contributed by atoms with Gasteiger partial charge in [-0.2, -0.15) is 0 Å². The number of carbonyl (C=O) groups is 3. The van der Waals surface area contributed by atoms with Gasteiger partial charge in [-0.3, -0.25) is 19.4 Å². The zero-order valence-electron chi connectivity index (χ0n) is 17.9. The molecule has 11 nitrogen and oxygen atoms in total. The Morgan fingerprint density at radius 2 is 1.94 bits per heavy atom. The van der Waals surface area contributed by atoms with Crippen molar-refractivity contribution in [3.8, 4) is 0 Å². The van der Waals surface area contributed by atoms with Crippen LogP contribution in [0.15, 0.2) is 40.6 Å². The van der Waals surface area contributed by atoms with Crippen LogP contribution in [0.1, 0.15) is 19.0 Å². The van der Waals surface area contributed by atoms with Crippen LogP contribution < -0.4 is 5.32 Å². The van der Waals surface area contributed by atoms with E-state index < -0.39 is 29.7 Å². The lowest BCUT2D eigenvalue weighted by Gasteiger charge is -2.36. The van der Waals surface area contributed by atoms with E-state index in [0.717, 1.165) is 19.1 Å². The fourth-order valence-corrected chi connectivity index (χ4v) is 4.66. The molecule has 0 saturated carbocycles. The molecule has 12 heteroatoms. The number of hydrogen-bond donors (Lipinski definition) is 1. The first kappa shape index (κ1) is 21.4. The van der Waals surface area contributed by atoms with Gasteiger partial charge < -0.3 is 19.9 Å². The molecule has 33 heavy (non-hydrogen) atoms. The Morgan fingerprint density at radius 3 is 2.64 bits per heavy atom. The highest BCUT2D eigenvalue weighted by atomic mass is 19.1. The molecule has 3 atom stereocenters. The molecule has 174 valence electrons. The van der Waals surface area contributed by atoms with Crippen molar-refractivity contribution in [3.63, 3.8) is 0 Å². The number of ether oxygens (including phenoxy) is 1. The number of ketones is 1. The van der Waals surface area contributed by atoms with Crippen LogP contribution in [0.2, 0.25) is 0 Å². The number of halogens is 1. The number of piperazine rings is 1. The zero-order valence-corrected chi connectivity index (χ0v) is 17.9. The van der Waals surface area contributed by atoms with Crippen LogP contribution in [0, 0.1) is 5.92 Å². The summed E-state index contributed by atoms with van der Waals surface area (Å²) in [7, 11) is 0. The second-order valence-corrected chi connectivity index (χ2v) is 8.40. The standard InChI is InChI=1S/C21H24FN7O4/c22-15-11-24-19(29-4-3-25-26-29)17-16(15)14(10-23-17)18(30)21(32)28-7-5-27(6-8-28)20(31)13-2-1-9-33-12-13/h3-4,10-11,13,17,19,23H,1-2,5-9,12H2. The maximum Gasteiger partial charge on any atom is 0.295 e. The van der Waals surface area contributed by atoms with E-state index in [2.05, 4.69) is 20.6 Å². The molecule has 4 aliphatic rings. The highest BCUT2D eigenvalue weighted by Crippen LogP contribution is 2.35. The molecule has 0 bridgehead atoms.